The average molecular weight is 376 g/mol. The Bertz CT molecular complexity index is 497. The standard InChI is InChI=1S/C15H20BrClN2O2/c1-18-8-11-3-2-6-19(9-11)15(20)10-21-14-5-4-12(16)7-13(14)17/h4-5,7,11,18H,2-3,6,8-10H2,1H3/t11-/m1/s1. The number of halogens is 2. The molecule has 1 aliphatic heterocycles. The number of ether oxygens (including phenoxy) is 1. The Morgan fingerprint density at radius 3 is 3.10 bits per heavy atom. The fourth-order valence-corrected chi connectivity index (χ4v) is 3.30. The summed E-state index contributed by atoms with van der Waals surface area (Å²) in [7, 11) is 1.94. The third kappa shape index (κ3) is 4.87. The van der Waals surface area contributed by atoms with Crippen molar-refractivity contribution >= 4 is 33.4 Å². The molecule has 0 bridgehead atoms. The monoisotopic (exact) mass is 374 g/mol. The van der Waals surface area contributed by atoms with Crippen LogP contribution in [0, 0.1) is 5.92 Å². The quantitative estimate of drug-likeness (QED) is 0.860. The zero-order chi connectivity index (χ0) is 15.2. The van der Waals surface area contributed by atoms with E-state index in [4.69, 9.17) is 16.3 Å². The molecule has 1 aliphatic rings. The SMILES string of the molecule is CNC[C@H]1CCCN(C(=O)COc2ccc(Br)cc2Cl)C1. The van der Waals surface area contributed by atoms with E-state index in [0.717, 1.165) is 30.5 Å². The average Bonchev–Trinajstić information content (AvgIpc) is 2.47. The number of amides is 1. The fraction of sp³-hybridized carbons (Fsp3) is 0.533. The van der Waals surface area contributed by atoms with Crippen molar-refractivity contribution in [3.8, 4) is 5.75 Å². The molecule has 0 spiro atoms. The summed E-state index contributed by atoms with van der Waals surface area (Å²) in [6.07, 6.45) is 2.22. The number of carbonyl (C=O) groups excluding carboxylic acids is 1. The van der Waals surface area contributed by atoms with E-state index in [0.29, 0.717) is 16.7 Å². The number of hydrogen-bond donors (Lipinski definition) is 1. The maximum absolute atomic E-state index is 12.2. The van der Waals surface area contributed by atoms with Gasteiger partial charge in [0.15, 0.2) is 6.61 Å². The molecule has 0 unspecified atom stereocenters. The van der Waals surface area contributed by atoms with Crippen LogP contribution in [0.5, 0.6) is 5.75 Å². The van der Waals surface area contributed by atoms with Crippen molar-refractivity contribution in [1.82, 2.24) is 10.2 Å². The van der Waals surface area contributed by atoms with Gasteiger partial charge in [0, 0.05) is 17.6 Å². The van der Waals surface area contributed by atoms with E-state index in [1.165, 1.54) is 6.42 Å². The summed E-state index contributed by atoms with van der Waals surface area (Å²) in [6, 6.07) is 5.36. The third-order valence-corrected chi connectivity index (χ3v) is 4.40. The van der Waals surface area contributed by atoms with Crippen LogP contribution in [-0.2, 0) is 4.79 Å². The van der Waals surface area contributed by atoms with Gasteiger partial charge >= 0.3 is 0 Å². The second kappa shape index (κ2) is 8.01. The zero-order valence-corrected chi connectivity index (χ0v) is 14.4. The summed E-state index contributed by atoms with van der Waals surface area (Å²) >= 11 is 9.41. The molecule has 1 fully saturated rings. The molecule has 1 aromatic carbocycles. The molecular weight excluding hydrogens is 356 g/mol. The molecule has 0 aromatic heterocycles. The predicted molar refractivity (Wildman–Crippen MR) is 87.9 cm³/mol. The molecule has 21 heavy (non-hydrogen) atoms. The minimum absolute atomic E-state index is 0.0230. The maximum atomic E-state index is 12.2. The summed E-state index contributed by atoms with van der Waals surface area (Å²) in [6.45, 7) is 2.60. The Morgan fingerprint density at radius 2 is 2.38 bits per heavy atom. The van der Waals surface area contributed by atoms with Crippen molar-refractivity contribution in [3.05, 3.63) is 27.7 Å². The molecule has 1 heterocycles. The van der Waals surface area contributed by atoms with Crippen LogP contribution in [0.3, 0.4) is 0 Å². The van der Waals surface area contributed by atoms with Crippen molar-refractivity contribution in [3.63, 3.8) is 0 Å². The molecule has 1 amide bonds. The normalized spacial score (nSPS) is 18.6. The molecule has 2 rings (SSSR count). The lowest BCUT2D eigenvalue weighted by Crippen LogP contribution is -2.44. The summed E-state index contributed by atoms with van der Waals surface area (Å²) in [4.78, 5) is 14.1. The van der Waals surface area contributed by atoms with Gasteiger partial charge in [-0.3, -0.25) is 4.79 Å². The highest BCUT2D eigenvalue weighted by Crippen LogP contribution is 2.27. The molecule has 0 radical (unpaired) electrons. The van der Waals surface area contributed by atoms with Crippen molar-refractivity contribution in [1.29, 1.82) is 0 Å². The Balaban J connectivity index is 1.86. The minimum atomic E-state index is 0.0230. The second-order valence-corrected chi connectivity index (χ2v) is 6.59. The lowest BCUT2D eigenvalue weighted by Gasteiger charge is -2.32. The van der Waals surface area contributed by atoms with E-state index >= 15 is 0 Å². The van der Waals surface area contributed by atoms with Gasteiger partial charge in [-0.15, -0.1) is 0 Å². The van der Waals surface area contributed by atoms with Gasteiger partial charge in [-0.2, -0.15) is 0 Å². The summed E-state index contributed by atoms with van der Waals surface area (Å²) in [5.74, 6) is 1.09. The van der Waals surface area contributed by atoms with Gasteiger partial charge in [0.1, 0.15) is 5.75 Å². The highest BCUT2D eigenvalue weighted by atomic mass is 79.9. The topological polar surface area (TPSA) is 41.6 Å². The van der Waals surface area contributed by atoms with Crippen LogP contribution in [-0.4, -0.2) is 44.1 Å². The summed E-state index contributed by atoms with van der Waals surface area (Å²) in [5.41, 5.74) is 0. The van der Waals surface area contributed by atoms with Crippen LogP contribution in [0.1, 0.15) is 12.8 Å². The van der Waals surface area contributed by atoms with Crippen LogP contribution in [0.15, 0.2) is 22.7 Å². The first-order chi connectivity index (χ1) is 10.1. The first-order valence-electron chi connectivity index (χ1n) is 7.10. The number of hydrogen-bond acceptors (Lipinski definition) is 3. The smallest absolute Gasteiger partial charge is 0.260 e. The first-order valence-corrected chi connectivity index (χ1v) is 8.27. The number of likely N-dealkylation sites (tertiary alicyclic amines) is 1. The van der Waals surface area contributed by atoms with Gasteiger partial charge in [-0.25, -0.2) is 0 Å². The van der Waals surface area contributed by atoms with E-state index in [9.17, 15) is 4.79 Å². The minimum Gasteiger partial charge on any atom is -0.482 e. The van der Waals surface area contributed by atoms with Gasteiger partial charge in [0.2, 0.25) is 0 Å². The predicted octanol–water partition coefficient (Wildman–Crippen LogP) is 2.94. The number of nitrogens with one attached hydrogen (secondary N) is 1. The third-order valence-electron chi connectivity index (χ3n) is 3.61. The molecular formula is C15H20BrClN2O2. The Hall–Kier alpha value is -0.780. The lowest BCUT2D eigenvalue weighted by molar-refractivity contribution is -0.135. The molecule has 1 N–H and O–H groups in total. The molecule has 4 nitrogen and oxygen atoms in total. The highest BCUT2D eigenvalue weighted by Gasteiger charge is 2.23. The largest absolute Gasteiger partial charge is 0.482 e. The number of carbonyl (C=O) groups is 1. The molecule has 0 saturated carbocycles. The van der Waals surface area contributed by atoms with Crippen molar-refractivity contribution < 1.29 is 9.53 Å². The van der Waals surface area contributed by atoms with E-state index in [-0.39, 0.29) is 12.5 Å². The first kappa shape index (κ1) is 16.6. The fourth-order valence-electron chi connectivity index (χ4n) is 2.57. The number of piperidine rings is 1. The van der Waals surface area contributed by atoms with Gasteiger partial charge in [-0.05, 0) is 50.6 Å². The van der Waals surface area contributed by atoms with Crippen LogP contribution < -0.4 is 10.1 Å². The summed E-state index contributed by atoms with van der Waals surface area (Å²) < 4.78 is 6.43. The summed E-state index contributed by atoms with van der Waals surface area (Å²) in [5, 5.41) is 3.68. The molecule has 1 saturated heterocycles. The second-order valence-electron chi connectivity index (χ2n) is 5.27. The van der Waals surface area contributed by atoms with Gasteiger partial charge < -0.3 is 15.0 Å². The lowest BCUT2D eigenvalue weighted by atomic mass is 9.98. The van der Waals surface area contributed by atoms with Crippen molar-refractivity contribution in [2.75, 3.05) is 33.3 Å². The molecule has 0 aliphatic carbocycles. The molecule has 116 valence electrons. The number of rotatable bonds is 5. The van der Waals surface area contributed by atoms with Crippen LogP contribution in [0.4, 0.5) is 0 Å². The molecule has 1 aromatic rings. The van der Waals surface area contributed by atoms with Gasteiger partial charge in [0.25, 0.3) is 5.91 Å². The zero-order valence-electron chi connectivity index (χ0n) is 12.1. The van der Waals surface area contributed by atoms with Crippen LogP contribution in [0.2, 0.25) is 5.02 Å². The van der Waals surface area contributed by atoms with Crippen LogP contribution in [0.25, 0.3) is 0 Å². The van der Waals surface area contributed by atoms with Gasteiger partial charge in [0.05, 0.1) is 5.02 Å². The van der Waals surface area contributed by atoms with Crippen LogP contribution >= 0.6 is 27.5 Å². The highest BCUT2D eigenvalue weighted by molar-refractivity contribution is 9.10. The van der Waals surface area contributed by atoms with E-state index in [2.05, 4.69) is 21.2 Å². The van der Waals surface area contributed by atoms with E-state index < -0.39 is 0 Å². The van der Waals surface area contributed by atoms with Crippen molar-refractivity contribution in [2.45, 2.75) is 12.8 Å². The van der Waals surface area contributed by atoms with Gasteiger partial charge in [-0.1, -0.05) is 27.5 Å². The van der Waals surface area contributed by atoms with E-state index in [1.54, 1.807) is 12.1 Å². The number of nitrogens with zero attached hydrogens (tertiary/aromatic N) is 1. The van der Waals surface area contributed by atoms with E-state index in [1.807, 2.05) is 18.0 Å². The Morgan fingerprint density at radius 1 is 1.57 bits per heavy atom. The Labute approximate surface area is 138 Å². The van der Waals surface area contributed by atoms with Crippen molar-refractivity contribution in [2.24, 2.45) is 5.92 Å². The molecule has 6 heteroatoms. The molecule has 1 atom stereocenters. The Kier molecular flexibility index (Phi) is 6.33. The number of benzene rings is 1. The maximum Gasteiger partial charge on any atom is 0.260 e.